The molecule has 4 rings (SSSR count). The number of aromatic nitrogens is 3. The normalized spacial score (nSPS) is 11.7. The number of anilines is 2. The Hall–Kier alpha value is -3.35. The zero-order valence-electron chi connectivity index (χ0n) is 14.3. The first-order valence-corrected chi connectivity index (χ1v) is 8.23. The number of rotatable bonds is 3. The number of fused-ring (bicyclic) bond motifs is 1. The van der Waals surface area contributed by atoms with Crippen LogP contribution in [0.25, 0.3) is 22.2 Å². The monoisotopic (exact) mass is 368 g/mol. The second-order valence-corrected chi connectivity index (χ2v) is 6.14. The van der Waals surface area contributed by atoms with Crippen LogP contribution in [0.2, 0.25) is 0 Å². The molecule has 27 heavy (non-hydrogen) atoms. The number of halogens is 3. The summed E-state index contributed by atoms with van der Waals surface area (Å²) in [5.41, 5.74) is 2.57. The van der Waals surface area contributed by atoms with Crippen molar-refractivity contribution in [1.29, 1.82) is 0 Å². The fourth-order valence-corrected chi connectivity index (χ4v) is 2.99. The smallest absolute Gasteiger partial charge is 0.350 e. The number of nitrogens with zero attached hydrogens (tertiary/aromatic N) is 3. The molecule has 0 radical (unpaired) electrons. The molecule has 0 saturated heterocycles. The van der Waals surface area contributed by atoms with Crippen molar-refractivity contribution in [3.63, 3.8) is 0 Å². The van der Waals surface area contributed by atoms with Crippen LogP contribution in [0, 0.1) is 0 Å². The molecular weight excluding hydrogens is 353 g/mol. The first kappa shape index (κ1) is 17.1. The first-order valence-electron chi connectivity index (χ1n) is 8.23. The van der Waals surface area contributed by atoms with Crippen LogP contribution in [0.15, 0.2) is 67.0 Å². The molecule has 4 nitrogen and oxygen atoms in total. The maximum absolute atomic E-state index is 12.7. The number of hydrogen-bond acceptors (Lipinski definition) is 3. The summed E-state index contributed by atoms with van der Waals surface area (Å²) in [6.07, 6.45) is -0.741. The standard InChI is InChI=1S/C20H15F3N4/c1-27-12-16(15-4-2-3-5-18(15)27)17-10-11-24-19(26-17)25-14-8-6-13(7-9-14)20(21,22)23/h2-12H,1H3,(H,24,25,26). The van der Waals surface area contributed by atoms with Gasteiger partial charge in [-0.25, -0.2) is 9.97 Å². The van der Waals surface area contributed by atoms with Gasteiger partial charge in [-0.05, 0) is 36.4 Å². The highest BCUT2D eigenvalue weighted by Gasteiger charge is 2.29. The minimum absolute atomic E-state index is 0.320. The van der Waals surface area contributed by atoms with Crippen molar-refractivity contribution >= 4 is 22.5 Å². The van der Waals surface area contributed by atoms with Gasteiger partial charge in [0.15, 0.2) is 0 Å². The molecule has 0 aliphatic heterocycles. The van der Waals surface area contributed by atoms with Crippen molar-refractivity contribution < 1.29 is 13.2 Å². The van der Waals surface area contributed by atoms with E-state index in [0.717, 1.165) is 34.3 Å². The molecule has 0 atom stereocenters. The van der Waals surface area contributed by atoms with Gasteiger partial charge in [0.05, 0.1) is 11.3 Å². The number of nitrogens with one attached hydrogen (secondary N) is 1. The Morgan fingerprint density at radius 3 is 2.44 bits per heavy atom. The van der Waals surface area contributed by atoms with Crippen molar-refractivity contribution in [2.75, 3.05) is 5.32 Å². The van der Waals surface area contributed by atoms with Crippen LogP contribution in [0.1, 0.15) is 5.56 Å². The number of aryl methyl sites for hydroxylation is 1. The first-order chi connectivity index (χ1) is 12.9. The Morgan fingerprint density at radius 2 is 1.70 bits per heavy atom. The van der Waals surface area contributed by atoms with Crippen LogP contribution >= 0.6 is 0 Å². The predicted molar refractivity (Wildman–Crippen MR) is 98.7 cm³/mol. The topological polar surface area (TPSA) is 42.7 Å². The summed E-state index contributed by atoms with van der Waals surface area (Å²) < 4.78 is 40.0. The summed E-state index contributed by atoms with van der Waals surface area (Å²) in [6.45, 7) is 0. The van der Waals surface area contributed by atoms with Crippen molar-refractivity contribution in [1.82, 2.24) is 14.5 Å². The minimum Gasteiger partial charge on any atom is -0.350 e. The van der Waals surface area contributed by atoms with Gasteiger partial charge < -0.3 is 9.88 Å². The summed E-state index contributed by atoms with van der Waals surface area (Å²) in [5, 5.41) is 4.02. The van der Waals surface area contributed by atoms with Gasteiger partial charge in [0, 0.05) is 41.6 Å². The molecule has 0 fully saturated rings. The second-order valence-electron chi connectivity index (χ2n) is 6.14. The van der Waals surface area contributed by atoms with Gasteiger partial charge >= 0.3 is 6.18 Å². The molecule has 0 aliphatic rings. The van der Waals surface area contributed by atoms with E-state index < -0.39 is 11.7 Å². The molecular formula is C20H15F3N4. The van der Waals surface area contributed by atoms with Crippen molar-refractivity contribution in [2.24, 2.45) is 7.05 Å². The molecule has 4 aromatic rings. The largest absolute Gasteiger partial charge is 0.416 e. The fraction of sp³-hybridized carbons (Fsp3) is 0.100. The predicted octanol–water partition coefficient (Wildman–Crippen LogP) is 5.40. The summed E-state index contributed by atoms with van der Waals surface area (Å²) >= 11 is 0. The molecule has 136 valence electrons. The maximum atomic E-state index is 12.7. The van der Waals surface area contributed by atoms with Gasteiger partial charge in [0.1, 0.15) is 0 Å². The zero-order chi connectivity index (χ0) is 19.0. The van der Waals surface area contributed by atoms with Gasteiger partial charge in [-0.15, -0.1) is 0 Å². The average Bonchev–Trinajstić information content (AvgIpc) is 2.99. The quantitative estimate of drug-likeness (QED) is 0.527. The van der Waals surface area contributed by atoms with E-state index in [9.17, 15) is 13.2 Å². The Bertz CT molecular complexity index is 1100. The Morgan fingerprint density at radius 1 is 0.963 bits per heavy atom. The second kappa shape index (κ2) is 6.42. The van der Waals surface area contributed by atoms with Gasteiger partial charge in [-0.2, -0.15) is 13.2 Å². The molecule has 2 heterocycles. The Balaban J connectivity index is 1.65. The zero-order valence-corrected chi connectivity index (χ0v) is 14.3. The molecule has 0 aliphatic carbocycles. The summed E-state index contributed by atoms with van der Waals surface area (Å²) in [7, 11) is 1.97. The summed E-state index contributed by atoms with van der Waals surface area (Å²) in [5.74, 6) is 0.320. The highest BCUT2D eigenvalue weighted by atomic mass is 19.4. The lowest BCUT2D eigenvalue weighted by Gasteiger charge is -2.09. The number of hydrogen-bond donors (Lipinski definition) is 1. The molecule has 0 bridgehead atoms. The fourth-order valence-electron chi connectivity index (χ4n) is 2.99. The van der Waals surface area contributed by atoms with E-state index in [1.807, 2.05) is 42.1 Å². The van der Waals surface area contributed by atoms with Gasteiger partial charge in [0.2, 0.25) is 5.95 Å². The molecule has 0 amide bonds. The SMILES string of the molecule is Cn1cc(-c2ccnc(Nc3ccc(C(F)(F)F)cc3)n2)c2ccccc21. The van der Waals surface area contributed by atoms with Crippen molar-refractivity contribution in [3.8, 4) is 11.3 Å². The van der Waals surface area contributed by atoms with Crippen LogP contribution in [-0.2, 0) is 13.2 Å². The minimum atomic E-state index is -4.36. The lowest BCUT2D eigenvalue weighted by Crippen LogP contribution is -2.04. The highest BCUT2D eigenvalue weighted by molar-refractivity contribution is 5.95. The molecule has 1 N–H and O–H groups in total. The van der Waals surface area contributed by atoms with Crippen molar-refractivity contribution in [2.45, 2.75) is 6.18 Å². The number of benzene rings is 2. The third-order valence-electron chi connectivity index (χ3n) is 4.30. The highest BCUT2D eigenvalue weighted by Crippen LogP contribution is 2.31. The van der Waals surface area contributed by atoms with Crippen LogP contribution in [0.4, 0.5) is 24.8 Å². The molecule has 0 unspecified atom stereocenters. The lowest BCUT2D eigenvalue weighted by molar-refractivity contribution is -0.137. The van der Waals surface area contributed by atoms with Gasteiger partial charge in [-0.1, -0.05) is 18.2 Å². The van der Waals surface area contributed by atoms with Crippen LogP contribution < -0.4 is 5.32 Å². The number of alkyl halides is 3. The van der Waals surface area contributed by atoms with Crippen molar-refractivity contribution in [3.05, 3.63) is 72.6 Å². The summed E-state index contributed by atoms with van der Waals surface area (Å²) in [4.78, 5) is 8.68. The van der Waals surface area contributed by atoms with Crippen LogP contribution in [0.5, 0.6) is 0 Å². The molecule has 2 aromatic heterocycles. The third-order valence-corrected chi connectivity index (χ3v) is 4.30. The van der Waals surface area contributed by atoms with E-state index in [2.05, 4.69) is 15.3 Å². The average molecular weight is 368 g/mol. The molecule has 0 spiro atoms. The van der Waals surface area contributed by atoms with E-state index in [1.54, 1.807) is 12.3 Å². The third kappa shape index (κ3) is 3.36. The van der Waals surface area contributed by atoms with Gasteiger partial charge in [0.25, 0.3) is 0 Å². The maximum Gasteiger partial charge on any atom is 0.416 e. The number of para-hydroxylation sites is 1. The van der Waals surface area contributed by atoms with E-state index in [0.29, 0.717) is 11.6 Å². The van der Waals surface area contributed by atoms with Crippen LogP contribution in [0.3, 0.4) is 0 Å². The molecule has 7 heteroatoms. The van der Waals surface area contributed by atoms with Gasteiger partial charge in [-0.3, -0.25) is 0 Å². The van der Waals surface area contributed by atoms with E-state index >= 15 is 0 Å². The Kier molecular flexibility index (Phi) is 4.07. The van der Waals surface area contributed by atoms with E-state index in [4.69, 9.17) is 0 Å². The molecule has 2 aromatic carbocycles. The lowest BCUT2D eigenvalue weighted by atomic mass is 10.1. The van der Waals surface area contributed by atoms with E-state index in [1.165, 1.54) is 12.1 Å². The van der Waals surface area contributed by atoms with Crippen LogP contribution in [-0.4, -0.2) is 14.5 Å². The summed E-state index contributed by atoms with van der Waals surface area (Å²) in [6, 6.07) is 14.6. The molecule has 0 saturated carbocycles. The Labute approximate surface area is 153 Å². The van der Waals surface area contributed by atoms with E-state index in [-0.39, 0.29) is 0 Å².